The first-order valence-electron chi connectivity index (χ1n) is 16.8. The summed E-state index contributed by atoms with van der Waals surface area (Å²) in [4.78, 5) is 59.8. The lowest BCUT2D eigenvalue weighted by Crippen LogP contribution is -2.59. The van der Waals surface area contributed by atoms with E-state index in [4.69, 9.17) is 9.47 Å². The molecule has 3 heterocycles. The number of carbonyl (C=O) groups excluding carboxylic acids is 3. The lowest BCUT2D eigenvalue weighted by molar-refractivity contribution is -0.142. The number of benzene rings is 1. The second-order valence-electron chi connectivity index (χ2n) is 13.9. The van der Waals surface area contributed by atoms with Gasteiger partial charge in [-0.1, -0.05) is 44.2 Å². The molecule has 15 heteroatoms. The molecule has 2 saturated carbocycles. The van der Waals surface area contributed by atoms with Crippen molar-refractivity contribution < 1.29 is 42.2 Å². The Balaban J connectivity index is 1.34. The van der Waals surface area contributed by atoms with Crippen molar-refractivity contribution in [3.05, 3.63) is 42.6 Å². The predicted molar refractivity (Wildman–Crippen MR) is 178 cm³/mol. The van der Waals surface area contributed by atoms with Crippen LogP contribution in [0, 0.1) is 17.8 Å². The smallest absolute Gasteiger partial charge is 0.405 e. The third-order valence-electron chi connectivity index (χ3n) is 10.1. The van der Waals surface area contributed by atoms with Crippen LogP contribution in [0.4, 0.5) is 4.79 Å². The van der Waals surface area contributed by atoms with E-state index >= 15 is 0 Å². The molecule has 1 saturated heterocycles. The molecule has 4 aliphatic rings. The minimum absolute atomic E-state index is 0.0166. The zero-order chi connectivity index (χ0) is 35.1. The van der Waals surface area contributed by atoms with E-state index in [0.29, 0.717) is 36.8 Å². The Labute approximate surface area is 285 Å². The number of amides is 4. The van der Waals surface area contributed by atoms with Crippen LogP contribution in [0.25, 0.3) is 10.8 Å². The summed E-state index contributed by atoms with van der Waals surface area (Å²) in [6.07, 6.45) is 6.30. The quantitative estimate of drug-likeness (QED) is 0.313. The molecule has 0 unspecified atom stereocenters. The molecule has 6 rings (SSSR count). The number of fused-ring (bicyclic) bond motifs is 3. The Morgan fingerprint density at radius 2 is 1.84 bits per heavy atom. The number of aromatic nitrogens is 1. The molecule has 0 bridgehead atoms. The fourth-order valence-corrected chi connectivity index (χ4v) is 8.55. The number of rotatable bonds is 7. The maximum Gasteiger partial charge on any atom is 0.405 e. The highest BCUT2D eigenvalue weighted by molar-refractivity contribution is 7.91. The second-order valence-corrected chi connectivity index (χ2v) is 15.8. The topological polar surface area (TPSA) is 193 Å². The maximum absolute atomic E-state index is 14.3. The summed E-state index contributed by atoms with van der Waals surface area (Å²) in [6.45, 7) is 3.78. The Morgan fingerprint density at radius 3 is 2.53 bits per heavy atom. The zero-order valence-corrected chi connectivity index (χ0v) is 28.6. The van der Waals surface area contributed by atoms with Gasteiger partial charge in [-0.05, 0) is 56.4 Å². The molecule has 1 aromatic heterocycles. The van der Waals surface area contributed by atoms with Gasteiger partial charge in [0.05, 0.1) is 25.1 Å². The molecule has 3 fully saturated rings. The van der Waals surface area contributed by atoms with Gasteiger partial charge in [0.25, 0.3) is 5.91 Å². The highest BCUT2D eigenvalue weighted by atomic mass is 32.2. The Hall–Kier alpha value is -4.40. The second kappa shape index (κ2) is 13.5. The fourth-order valence-electron chi connectivity index (χ4n) is 7.19. The zero-order valence-electron chi connectivity index (χ0n) is 27.8. The molecular formula is C34H43N5O9S. The Bertz CT molecular complexity index is 1780. The van der Waals surface area contributed by atoms with E-state index in [1.807, 2.05) is 50.3 Å². The van der Waals surface area contributed by atoms with Gasteiger partial charge in [-0.15, -0.1) is 0 Å². The first-order valence-corrected chi connectivity index (χ1v) is 18.3. The molecule has 4 amide bonds. The van der Waals surface area contributed by atoms with Crippen molar-refractivity contribution in [2.75, 3.05) is 13.7 Å². The van der Waals surface area contributed by atoms with Gasteiger partial charge in [0.15, 0.2) is 0 Å². The van der Waals surface area contributed by atoms with Crippen LogP contribution in [0.1, 0.15) is 58.8 Å². The molecular weight excluding hydrogens is 654 g/mol. The predicted octanol–water partition coefficient (Wildman–Crippen LogP) is 2.72. The number of hydrogen-bond acceptors (Lipinski definition) is 9. The highest BCUT2D eigenvalue weighted by Gasteiger charge is 2.62. The van der Waals surface area contributed by atoms with Crippen LogP contribution in [0.3, 0.4) is 0 Å². The van der Waals surface area contributed by atoms with Gasteiger partial charge >= 0.3 is 6.09 Å². The third-order valence-corrected chi connectivity index (χ3v) is 11.9. The van der Waals surface area contributed by atoms with E-state index in [0.717, 1.165) is 11.8 Å². The average Bonchev–Trinajstić information content (AvgIpc) is 3.98. The van der Waals surface area contributed by atoms with Crippen LogP contribution < -0.4 is 24.8 Å². The molecule has 14 nitrogen and oxygen atoms in total. The number of ether oxygens (including phenoxy) is 2. The summed E-state index contributed by atoms with van der Waals surface area (Å²) in [5.74, 6) is -1.96. The number of nitrogens with zero attached hydrogens (tertiary/aromatic N) is 2. The average molecular weight is 698 g/mol. The van der Waals surface area contributed by atoms with Crippen molar-refractivity contribution in [3.63, 3.8) is 0 Å². The van der Waals surface area contributed by atoms with Gasteiger partial charge in [0, 0.05) is 23.1 Å². The van der Waals surface area contributed by atoms with E-state index in [1.165, 1.54) is 18.2 Å². The van der Waals surface area contributed by atoms with Crippen LogP contribution in [-0.2, 0) is 24.4 Å². The van der Waals surface area contributed by atoms with Crippen LogP contribution in [0.2, 0.25) is 0 Å². The van der Waals surface area contributed by atoms with Gasteiger partial charge in [0.2, 0.25) is 27.7 Å². The third kappa shape index (κ3) is 7.17. The number of allylic oxidation sites excluding steroid dienone is 1. The van der Waals surface area contributed by atoms with Crippen molar-refractivity contribution in [2.45, 2.75) is 87.8 Å². The first-order chi connectivity index (χ1) is 23.3. The molecule has 4 N–H and O–H groups in total. The van der Waals surface area contributed by atoms with Gasteiger partial charge in [-0.25, -0.2) is 18.2 Å². The molecule has 0 spiro atoms. The van der Waals surface area contributed by atoms with E-state index in [1.54, 1.807) is 0 Å². The summed E-state index contributed by atoms with van der Waals surface area (Å²) in [5, 5.41) is 15.7. The largest absolute Gasteiger partial charge is 0.494 e. The van der Waals surface area contributed by atoms with Crippen LogP contribution >= 0.6 is 0 Å². The van der Waals surface area contributed by atoms with Gasteiger partial charge < -0.3 is 30.1 Å². The summed E-state index contributed by atoms with van der Waals surface area (Å²) >= 11 is 0. The van der Waals surface area contributed by atoms with E-state index in [-0.39, 0.29) is 31.2 Å². The molecule has 7 atom stereocenters. The van der Waals surface area contributed by atoms with Crippen molar-refractivity contribution >= 4 is 44.6 Å². The van der Waals surface area contributed by atoms with Crippen molar-refractivity contribution in [1.29, 1.82) is 0 Å². The maximum atomic E-state index is 14.3. The molecule has 2 aliphatic carbocycles. The highest BCUT2D eigenvalue weighted by Crippen LogP contribution is 2.46. The molecule has 264 valence electrons. The molecule has 0 radical (unpaired) electrons. The summed E-state index contributed by atoms with van der Waals surface area (Å²) < 4.78 is 39.5. The minimum Gasteiger partial charge on any atom is -0.494 e. The van der Waals surface area contributed by atoms with E-state index in [2.05, 4.69) is 20.3 Å². The molecule has 49 heavy (non-hydrogen) atoms. The van der Waals surface area contributed by atoms with Gasteiger partial charge in [-0.2, -0.15) is 0 Å². The van der Waals surface area contributed by atoms with Crippen molar-refractivity contribution in [1.82, 2.24) is 25.2 Å². The lowest BCUT2D eigenvalue weighted by Gasteiger charge is -2.32. The Morgan fingerprint density at radius 1 is 1.10 bits per heavy atom. The van der Waals surface area contributed by atoms with E-state index in [9.17, 15) is 32.7 Å². The van der Waals surface area contributed by atoms with Crippen LogP contribution in [-0.4, -0.2) is 89.9 Å². The molecule has 2 aromatic rings. The van der Waals surface area contributed by atoms with Crippen LogP contribution in [0.5, 0.6) is 11.6 Å². The fraction of sp³-hybridized carbons (Fsp3) is 0.559. The lowest BCUT2D eigenvalue weighted by atomic mass is 9.88. The minimum atomic E-state index is -3.89. The van der Waals surface area contributed by atoms with Crippen molar-refractivity contribution in [3.8, 4) is 11.6 Å². The number of methoxy groups -OCH3 is 1. The number of nitrogens with one attached hydrogen (secondary N) is 3. The standard InChI is InChI=1S/C34H43N5O9S/c1-19-8-4-5-9-21-16-34(21,32(42)38-49(45,46)23-12-13-23)37-29(40)26-15-22(18-39(26)31(41)28(20(2)14-19)36-33(43)44)48-30-25-11-7-6-10-24(25)27(47-3)17-35-30/h5-7,9-11,17,19-23,26,28,36H,4,8,12-16,18H2,1-3H3,(H,37,40)(H,38,42)(H,43,44)/t19-,20+,21+,22+,26-,28-,34+/m0/s1. The van der Waals surface area contributed by atoms with Gasteiger partial charge in [-0.3, -0.25) is 19.1 Å². The van der Waals surface area contributed by atoms with Gasteiger partial charge in [0.1, 0.15) is 29.5 Å². The molecule has 1 aromatic carbocycles. The summed E-state index contributed by atoms with van der Waals surface area (Å²) in [7, 11) is -2.36. The SMILES string of the molecule is COc1cnc(O[C@@H]2C[C@H]3C(=O)N[C@]4(C(=O)NS(=O)(=O)C5CC5)C[C@H]4C=CCC[C@H](C)C[C@@H](C)[C@H](NC(=O)O)C(=O)N3C2)c2ccccc12. The summed E-state index contributed by atoms with van der Waals surface area (Å²) in [6, 6.07) is 5.06. The summed E-state index contributed by atoms with van der Waals surface area (Å²) in [5.41, 5.74) is -1.52. The first kappa shape index (κ1) is 34.5. The van der Waals surface area contributed by atoms with Crippen molar-refractivity contribution in [2.24, 2.45) is 17.8 Å². The van der Waals surface area contributed by atoms with Crippen LogP contribution in [0.15, 0.2) is 42.6 Å². The number of hydrogen-bond donors (Lipinski definition) is 4. The number of carbonyl (C=O) groups is 4. The number of carboxylic acid groups (broad SMARTS) is 1. The molecule has 2 aliphatic heterocycles. The number of sulfonamides is 1. The number of pyridine rings is 1. The normalized spacial score (nSPS) is 30.6. The Kier molecular flexibility index (Phi) is 9.48. The van der Waals surface area contributed by atoms with E-state index < -0.39 is 74.7 Å². The monoisotopic (exact) mass is 697 g/mol.